The Morgan fingerprint density at radius 2 is 1.69 bits per heavy atom. The Morgan fingerprint density at radius 3 is 2.38 bits per heavy atom. The highest BCUT2D eigenvalue weighted by molar-refractivity contribution is 5.91. The van der Waals surface area contributed by atoms with Crippen LogP contribution in [0.2, 0.25) is 0 Å². The third kappa shape index (κ3) is 2.54. The minimum absolute atomic E-state index is 0.142. The van der Waals surface area contributed by atoms with E-state index in [0.717, 1.165) is 36.0 Å². The molecule has 0 bridgehead atoms. The number of fused-ring (bicyclic) bond motifs is 4. The number of ketones is 1. The average Bonchev–Trinajstić information content (AvgIpc) is 3.20. The van der Waals surface area contributed by atoms with Crippen LogP contribution in [0, 0.1) is 63.6 Å². The zero-order valence-electron chi connectivity index (χ0n) is 19.8. The fourth-order valence-corrected chi connectivity index (χ4v) is 9.62. The first-order valence-electron chi connectivity index (χ1n) is 12.9. The van der Waals surface area contributed by atoms with Gasteiger partial charge in [-0.25, -0.2) is 0 Å². The number of Topliss-reactive ketones (excluding diaryl/α,β-unsaturated/α-hetero) is 1. The highest BCUT2D eigenvalue weighted by Crippen LogP contribution is 2.80. The van der Waals surface area contributed by atoms with Crippen molar-refractivity contribution in [2.75, 3.05) is 0 Å². The summed E-state index contributed by atoms with van der Waals surface area (Å²) in [5.74, 6) is 6.63. The monoisotopic (exact) mass is 396 g/mol. The number of hydrogen-bond donors (Lipinski definition) is 0. The maximum atomic E-state index is 13.4. The molecular formula is C28H44O. The lowest BCUT2D eigenvalue weighted by Crippen LogP contribution is -2.55. The van der Waals surface area contributed by atoms with Crippen molar-refractivity contribution < 1.29 is 4.79 Å². The van der Waals surface area contributed by atoms with E-state index in [1.165, 1.54) is 44.9 Å². The van der Waals surface area contributed by atoms with E-state index in [0.29, 0.717) is 34.4 Å². The second-order valence-corrected chi connectivity index (χ2v) is 12.9. The molecule has 10 atom stereocenters. The Labute approximate surface area is 179 Å². The predicted octanol–water partition coefficient (Wildman–Crippen LogP) is 7.31. The summed E-state index contributed by atoms with van der Waals surface area (Å²) in [6.45, 7) is 14.6. The number of carbonyl (C=O) groups excluding carboxylic acids is 1. The Hall–Kier alpha value is -0.590. The Bertz CT molecular complexity index is 720. The quantitative estimate of drug-likeness (QED) is 0.455. The SMILES string of the molecule is CC(C)[C@@H](C)C=C[C@@H](C)[C@H]1CC[C@@H]2[C@@H]3CC(=O)[C@]45C[C@H]4CC[C@]5(C)[C@H]3CC[C@@]21C. The van der Waals surface area contributed by atoms with Crippen LogP contribution >= 0.6 is 0 Å². The predicted molar refractivity (Wildman–Crippen MR) is 120 cm³/mol. The summed E-state index contributed by atoms with van der Waals surface area (Å²) in [7, 11) is 0. The van der Waals surface area contributed by atoms with Gasteiger partial charge in [0.15, 0.2) is 0 Å². The van der Waals surface area contributed by atoms with Crippen LogP contribution < -0.4 is 0 Å². The van der Waals surface area contributed by atoms with Gasteiger partial charge in [0.2, 0.25) is 0 Å². The van der Waals surface area contributed by atoms with Crippen molar-refractivity contribution >= 4 is 5.78 Å². The minimum Gasteiger partial charge on any atom is -0.299 e. The molecule has 1 heteroatoms. The molecule has 0 radical (unpaired) electrons. The van der Waals surface area contributed by atoms with Crippen LogP contribution in [0.3, 0.4) is 0 Å². The number of allylic oxidation sites excluding steroid dienone is 2. The number of carbonyl (C=O) groups is 1. The minimum atomic E-state index is 0.142. The molecule has 5 rings (SSSR count). The van der Waals surface area contributed by atoms with Crippen LogP contribution in [0.4, 0.5) is 0 Å². The van der Waals surface area contributed by atoms with Crippen molar-refractivity contribution in [3.05, 3.63) is 12.2 Å². The molecule has 0 heterocycles. The summed E-state index contributed by atoms with van der Waals surface area (Å²) in [6.07, 6.45) is 15.4. The zero-order valence-corrected chi connectivity index (χ0v) is 19.8. The van der Waals surface area contributed by atoms with Gasteiger partial charge in [-0.1, -0.05) is 53.7 Å². The van der Waals surface area contributed by atoms with Gasteiger partial charge in [-0.05, 0) is 103 Å². The molecule has 5 saturated carbocycles. The standard InChI is InChI=1S/C28H44O/c1-17(2)18(3)7-8-19(4)22-9-10-23-21-15-25(29)28-16-20(28)11-14-27(28,6)24(21)12-13-26(22,23)5/h7-8,17-24H,9-16H2,1-6H3/t18-,19+,20+,21-,22+,23+,24-,26+,27+,28-/m0/s1. The topological polar surface area (TPSA) is 17.1 Å². The van der Waals surface area contributed by atoms with E-state index in [2.05, 4.69) is 53.7 Å². The van der Waals surface area contributed by atoms with Crippen LogP contribution in [0.1, 0.15) is 92.9 Å². The third-order valence-electron chi connectivity index (χ3n) is 11.8. The molecule has 0 amide bonds. The van der Waals surface area contributed by atoms with Crippen LogP contribution in [-0.2, 0) is 4.79 Å². The molecule has 162 valence electrons. The summed E-state index contributed by atoms with van der Waals surface area (Å²) in [4.78, 5) is 13.4. The smallest absolute Gasteiger partial charge is 0.140 e. The van der Waals surface area contributed by atoms with E-state index in [1.807, 2.05) is 0 Å². The normalized spacial score (nSPS) is 52.8. The van der Waals surface area contributed by atoms with Gasteiger partial charge in [0.25, 0.3) is 0 Å². The van der Waals surface area contributed by atoms with E-state index in [1.54, 1.807) is 0 Å². The van der Waals surface area contributed by atoms with Crippen LogP contribution in [0.15, 0.2) is 12.2 Å². The number of hydrogen-bond acceptors (Lipinski definition) is 1. The molecule has 0 aromatic carbocycles. The fourth-order valence-electron chi connectivity index (χ4n) is 9.62. The molecule has 1 nitrogen and oxygen atoms in total. The van der Waals surface area contributed by atoms with E-state index in [-0.39, 0.29) is 5.41 Å². The molecule has 0 saturated heterocycles. The summed E-state index contributed by atoms with van der Waals surface area (Å²) in [5, 5.41) is 0. The first-order valence-corrected chi connectivity index (χ1v) is 12.9. The second-order valence-electron chi connectivity index (χ2n) is 12.9. The Balaban J connectivity index is 1.38. The molecule has 29 heavy (non-hydrogen) atoms. The van der Waals surface area contributed by atoms with Gasteiger partial charge in [0.1, 0.15) is 5.78 Å². The van der Waals surface area contributed by atoms with Crippen molar-refractivity contribution in [1.29, 1.82) is 0 Å². The Morgan fingerprint density at radius 1 is 0.931 bits per heavy atom. The van der Waals surface area contributed by atoms with Gasteiger partial charge in [0.05, 0.1) is 0 Å². The summed E-state index contributed by atoms with van der Waals surface area (Å²) in [5.41, 5.74) is 0.937. The molecule has 0 aromatic rings. The molecule has 0 aromatic heterocycles. The van der Waals surface area contributed by atoms with Crippen molar-refractivity contribution in [1.82, 2.24) is 0 Å². The number of rotatable bonds is 4. The molecule has 0 N–H and O–H groups in total. The largest absolute Gasteiger partial charge is 0.299 e. The maximum absolute atomic E-state index is 13.4. The van der Waals surface area contributed by atoms with Crippen LogP contribution in [0.5, 0.6) is 0 Å². The Kier molecular flexibility index (Phi) is 4.53. The van der Waals surface area contributed by atoms with Gasteiger partial charge in [-0.3, -0.25) is 4.79 Å². The van der Waals surface area contributed by atoms with Crippen LogP contribution in [0.25, 0.3) is 0 Å². The van der Waals surface area contributed by atoms with E-state index in [9.17, 15) is 4.79 Å². The third-order valence-corrected chi connectivity index (χ3v) is 11.8. The van der Waals surface area contributed by atoms with Gasteiger partial charge in [-0.15, -0.1) is 0 Å². The second kappa shape index (κ2) is 6.46. The summed E-state index contributed by atoms with van der Waals surface area (Å²) >= 11 is 0. The van der Waals surface area contributed by atoms with Crippen molar-refractivity contribution in [3.63, 3.8) is 0 Å². The highest BCUT2D eigenvalue weighted by Gasteiger charge is 2.77. The highest BCUT2D eigenvalue weighted by atomic mass is 16.1. The molecule has 0 unspecified atom stereocenters. The molecular weight excluding hydrogens is 352 g/mol. The van der Waals surface area contributed by atoms with Gasteiger partial charge in [-0.2, -0.15) is 0 Å². The summed E-state index contributed by atoms with van der Waals surface area (Å²) in [6, 6.07) is 0. The van der Waals surface area contributed by atoms with E-state index < -0.39 is 0 Å². The van der Waals surface area contributed by atoms with Gasteiger partial charge in [0, 0.05) is 11.8 Å². The molecule has 1 spiro atoms. The molecule has 5 fully saturated rings. The van der Waals surface area contributed by atoms with Crippen molar-refractivity contribution in [3.8, 4) is 0 Å². The van der Waals surface area contributed by atoms with Crippen molar-refractivity contribution in [2.45, 2.75) is 92.9 Å². The van der Waals surface area contributed by atoms with E-state index in [4.69, 9.17) is 0 Å². The maximum Gasteiger partial charge on any atom is 0.140 e. The fraction of sp³-hybridized carbons (Fsp3) is 0.893. The molecule has 0 aliphatic heterocycles. The molecule has 5 aliphatic rings. The summed E-state index contributed by atoms with van der Waals surface area (Å²) < 4.78 is 0. The van der Waals surface area contributed by atoms with Gasteiger partial charge >= 0.3 is 0 Å². The first kappa shape index (κ1) is 20.3. The average molecular weight is 397 g/mol. The van der Waals surface area contributed by atoms with Crippen LogP contribution in [-0.4, -0.2) is 5.78 Å². The first-order chi connectivity index (χ1) is 13.6. The lowest BCUT2D eigenvalue weighted by atomic mass is 9.45. The lowest BCUT2D eigenvalue weighted by Gasteiger charge is -2.58. The van der Waals surface area contributed by atoms with Crippen molar-refractivity contribution in [2.24, 2.45) is 63.6 Å². The van der Waals surface area contributed by atoms with Gasteiger partial charge < -0.3 is 0 Å². The zero-order chi connectivity index (χ0) is 20.8. The van der Waals surface area contributed by atoms with E-state index >= 15 is 0 Å². The lowest BCUT2D eigenvalue weighted by molar-refractivity contribution is -0.151. The molecule has 5 aliphatic carbocycles.